The Morgan fingerprint density at radius 2 is 1.92 bits per heavy atom. The van der Waals surface area contributed by atoms with E-state index in [0.717, 1.165) is 10.9 Å². The highest BCUT2D eigenvalue weighted by molar-refractivity contribution is 6.38. The summed E-state index contributed by atoms with van der Waals surface area (Å²) in [5.74, 6) is -0.356. The molecule has 0 atom stereocenters. The van der Waals surface area contributed by atoms with Gasteiger partial charge < -0.3 is 5.32 Å². The van der Waals surface area contributed by atoms with Crippen molar-refractivity contribution in [1.82, 2.24) is 20.2 Å². The van der Waals surface area contributed by atoms with Gasteiger partial charge in [-0.25, -0.2) is 0 Å². The van der Waals surface area contributed by atoms with Crippen LogP contribution in [0.1, 0.15) is 10.5 Å². The first-order valence-electron chi connectivity index (χ1n) is 7.53. The second-order valence-corrected chi connectivity index (χ2v) is 5.70. The molecule has 0 saturated heterocycles. The van der Waals surface area contributed by atoms with Gasteiger partial charge in [-0.05, 0) is 36.4 Å². The van der Waals surface area contributed by atoms with Gasteiger partial charge in [-0.3, -0.25) is 19.9 Å². The highest BCUT2D eigenvalue weighted by Crippen LogP contribution is 2.30. The number of fused-ring (bicyclic) bond motifs is 1. The van der Waals surface area contributed by atoms with Crippen LogP contribution in [0.5, 0.6) is 0 Å². The summed E-state index contributed by atoms with van der Waals surface area (Å²) in [5, 5.41) is 10.8. The van der Waals surface area contributed by atoms with Crippen molar-refractivity contribution in [2.24, 2.45) is 0 Å². The minimum atomic E-state index is -0.356. The number of hydrogen-bond acceptors (Lipinski definition) is 4. The third-order valence-corrected chi connectivity index (χ3v) is 4.18. The van der Waals surface area contributed by atoms with Gasteiger partial charge in [0.15, 0.2) is 0 Å². The average Bonchev–Trinajstić information content (AvgIpc) is 3.14. The molecule has 25 heavy (non-hydrogen) atoms. The number of pyridine rings is 2. The van der Waals surface area contributed by atoms with Gasteiger partial charge in [0.1, 0.15) is 5.69 Å². The molecule has 0 aliphatic heterocycles. The van der Waals surface area contributed by atoms with Crippen LogP contribution in [0.3, 0.4) is 0 Å². The number of halogens is 1. The molecule has 0 aliphatic carbocycles. The van der Waals surface area contributed by atoms with Gasteiger partial charge in [-0.1, -0.05) is 17.7 Å². The smallest absolute Gasteiger partial charge is 0.274 e. The molecule has 0 aliphatic rings. The number of aromatic amines is 1. The van der Waals surface area contributed by atoms with Crippen molar-refractivity contribution < 1.29 is 4.79 Å². The molecule has 2 N–H and O–H groups in total. The van der Waals surface area contributed by atoms with Gasteiger partial charge in [-0.2, -0.15) is 5.10 Å². The lowest BCUT2D eigenvalue weighted by Crippen LogP contribution is -2.15. The van der Waals surface area contributed by atoms with E-state index in [1.165, 1.54) is 0 Å². The van der Waals surface area contributed by atoms with Gasteiger partial charge in [0.25, 0.3) is 5.91 Å². The lowest BCUT2D eigenvalue weighted by molar-refractivity contribution is 0.102. The van der Waals surface area contributed by atoms with Gasteiger partial charge in [-0.15, -0.1) is 0 Å². The standard InChI is InChI=1S/C18H12ClN5O/c19-16-12-10-22-24-14(12)6-7-15(16)23-18(25)17-11(4-3-9-21-17)13-5-1-2-8-20-13/h1-10H,(H,22,24)(H,23,25). The van der Waals surface area contributed by atoms with E-state index in [2.05, 4.69) is 25.5 Å². The molecule has 0 bridgehead atoms. The summed E-state index contributed by atoms with van der Waals surface area (Å²) < 4.78 is 0. The fraction of sp³-hybridized carbons (Fsp3) is 0. The van der Waals surface area contributed by atoms with Crippen LogP contribution in [-0.4, -0.2) is 26.1 Å². The molecule has 122 valence electrons. The fourth-order valence-electron chi connectivity index (χ4n) is 2.58. The van der Waals surface area contributed by atoms with Crippen molar-refractivity contribution >= 4 is 34.1 Å². The lowest BCUT2D eigenvalue weighted by Gasteiger charge is -2.10. The summed E-state index contributed by atoms with van der Waals surface area (Å²) in [6, 6.07) is 12.6. The topological polar surface area (TPSA) is 83.6 Å². The summed E-state index contributed by atoms with van der Waals surface area (Å²) in [5.41, 5.74) is 2.91. The van der Waals surface area contributed by atoms with Crippen molar-refractivity contribution in [2.45, 2.75) is 0 Å². The Labute approximate surface area is 147 Å². The first-order chi connectivity index (χ1) is 12.2. The van der Waals surface area contributed by atoms with E-state index in [-0.39, 0.29) is 11.6 Å². The molecular formula is C18H12ClN5O. The van der Waals surface area contributed by atoms with Crippen LogP contribution in [0.4, 0.5) is 5.69 Å². The van der Waals surface area contributed by atoms with E-state index in [9.17, 15) is 4.79 Å². The number of H-pyrrole nitrogens is 1. The first-order valence-corrected chi connectivity index (χ1v) is 7.91. The number of benzene rings is 1. The normalized spacial score (nSPS) is 10.8. The Morgan fingerprint density at radius 1 is 1.04 bits per heavy atom. The molecule has 0 spiro atoms. The Kier molecular flexibility index (Phi) is 3.87. The summed E-state index contributed by atoms with van der Waals surface area (Å²) in [6.07, 6.45) is 4.86. The highest BCUT2D eigenvalue weighted by atomic mass is 35.5. The zero-order valence-corrected chi connectivity index (χ0v) is 13.7. The number of amides is 1. The number of carbonyl (C=O) groups excluding carboxylic acids is 1. The second-order valence-electron chi connectivity index (χ2n) is 5.33. The third-order valence-electron chi connectivity index (χ3n) is 3.77. The van der Waals surface area contributed by atoms with Gasteiger partial charge in [0.2, 0.25) is 0 Å². The number of carbonyl (C=O) groups is 1. The fourth-order valence-corrected chi connectivity index (χ4v) is 2.84. The number of aromatic nitrogens is 4. The van der Waals surface area contributed by atoms with Gasteiger partial charge >= 0.3 is 0 Å². The van der Waals surface area contributed by atoms with Gasteiger partial charge in [0, 0.05) is 23.3 Å². The van der Waals surface area contributed by atoms with E-state index in [1.54, 1.807) is 30.7 Å². The summed E-state index contributed by atoms with van der Waals surface area (Å²) in [4.78, 5) is 21.3. The molecular weight excluding hydrogens is 338 g/mol. The zero-order valence-electron chi connectivity index (χ0n) is 12.9. The minimum Gasteiger partial charge on any atom is -0.319 e. The van der Waals surface area contributed by atoms with Gasteiger partial charge in [0.05, 0.1) is 28.1 Å². The molecule has 4 rings (SSSR count). The van der Waals surface area contributed by atoms with E-state index in [0.29, 0.717) is 22.0 Å². The van der Waals surface area contributed by atoms with E-state index < -0.39 is 0 Å². The van der Waals surface area contributed by atoms with Crippen molar-refractivity contribution in [3.8, 4) is 11.3 Å². The maximum absolute atomic E-state index is 12.8. The van der Waals surface area contributed by atoms with Crippen molar-refractivity contribution in [3.05, 3.63) is 71.8 Å². The van der Waals surface area contributed by atoms with E-state index in [4.69, 9.17) is 11.6 Å². The molecule has 3 heterocycles. The Balaban J connectivity index is 1.71. The second kappa shape index (κ2) is 6.33. The monoisotopic (exact) mass is 349 g/mol. The predicted molar refractivity (Wildman–Crippen MR) is 96.5 cm³/mol. The van der Waals surface area contributed by atoms with Crippen molar-refractivity contribution in [3.63, 3.8) is 0 Å². The number of rotatable bonds is 3. The quantitative estimate of drug-likeness (QED) is 0.587. The minimum absolute atomic E-state index is 0.282. The van der Waals surface area contributed by atoms with Crippen LogP contribution in [0.25, 0.3) is 22.2 Å². The molecule has 4 aromatic rings. The lowest BCUT2D eigenvalue weighted by atomic mass is 10.1. The molecule has 1 amide bonds. The van der Waals surface area contributed by atoms with E-state index >= 15 is 0 Å². The molecule has 3 aromatic heterocycles. The molecule has 7 heteroatoms. The van der Waals surface area contributed by atoms with Crippen molar-refractivity contribution in [2.75, 3.05) is 5.32 Å². The predicted octanol–water partition coefficient (Wildman–Crippen LogP) is 3.93. The molecule has 1 aromatic carbocycles. The molecule has 0 radical (unpaired) electrons. The zero-order chi connectivity index (χ0) is 17.2. The SMILES string of the molecule is O=C(Nc1ccc2[nH]ncc2c1Cl)c1ncccc1-c1ccccn1. The Bertz CT molecular complexity index is 1060. The number of nitrogens with zero attached hydrogens (tertiary/aromatic N) is 3. The highest BCUT2D eigenvalue weighted by Gasteiger charge is 2.17. The Morgan fingerprint density at radius 3 is 2.76 bits per heavy atom. The largest absolute Gasteiger partial charge is 0.319 e. The summed E-state index contributed by atoms with van der Waals surface area (Å²) >= 11 is 6.36. The van der Waals surface area contributed by atoms with Crippen LogP contribution in [0.2, 0.25) is 5.02 Å². The maximum atomic E-state index is 12.8. The van der Waals surface area contributed by atoms with E-state index in [1.807, 2.05) is 30.3 Å². The average molecular weight is 350 g/mol. The first kappa shape index (κ1) is 15.3. The van der Waals surface area contributed by atoms with Crippen molar-refractivity contribution in [1.29, 1.82) is 0 Å². The van der Waals surface area contributed by atoms with Crippen LogP contribution in [0.15, 0.2) is 61.1 Å². The Hall–Kier alpha value is -3.25. The number of nitrogens with one attached hydrogen (secondary N) is 2. The summed E-state index contributed by atoms with van der Waals surface area (Å²) in [7, 11) is 0. The molecule has 0 unspecified atom stereocenters. The van der Waals surface area contributed by atoms with Crippen LogP contribution >= 0.6 is 11.6 Å². The molecule has 0 saturated carbocycles. The number of anilines is 1. The van der Waals surface area contributed by atoms with Crippen LogP contribution in [0, 0.1) is 0 Å². The summed E-state index contributed by atoms with van der Waals surface area (Å²) in [6.45, 7) is 0. The maximum Gasteiger partial charge on any atom is 0.274 e. The number of hydrogen-bond donors (Lipinski definition) is 2. The molecule has 0 fully saturated rings. The van der Waals surface area contributed by atoms with Crippen LogP contribution in [-0.2, 0) is 0 Å². The molecule has 6 nitrogen and oxygen atoms in total. The third kappa shape index (κ3) is 2.83. The van der Waals surface area contributed by atoms with Crippen LogP contribution < -0.4 is 5.32 Å².